The summed E-state index contributed by atoms with van der Waals surface area (Å²) in [5, 5.41) is 3.41. The molecule has 4 rings (SSSR count). The maximum Gasteiger partial charge on any atom is 0.274 e. The van der Waals surface area contributed by atoms with Crippen LogP contribution in [0.3, 0.4) is 0 Å². The predicted octanol–water partition coefficient (Wildman–Crippen LogP) is 3.94. The fourth-order valence-electron chi connectivity index (χ4n) is 4.03. The molecule has 2 aliphatic rings. The molecule has 7 nitrogen and oxygen atoms in total. The minimum absolute atomic E-state index is 0.117. The maximum atomic E-state index is 12.5. The maximum absolute atomic E-state index is 12.5. The van der Waals surface area contributed by atoms with Gasteiger partial charge in [-0.2, -0.15) is 0 Å². The lowest BCUT2D eigenvalue weighted by molar-refractivity contribution is 0.0861. The van der Waals surface area contributed by atoms with E-state index < -0.39 is 10.8 Å². The molecule has 1 unspecified atom stereocenters. The molecule has 0 fully saturated rings. The molecule has 0 spiro atoms. The fourth-order valence-corrected chi connectivity index (χ4v) is 5.69. The molecule has 8 heteroatoms. The van der Waals surface area contributed by atoms with Crippen LogP contribution in [0.5, 0.6) is 11.5 Å². The Balaban J connectivity index is 1.19. The second-order valence-corrected chi connectivity index (χ2v) is 9.47. The molecule has 0 radical (unpaired) electrons. The number of amides is 1. The summed E-state index contributed by atoms with van der Waals surface area (Å²) in [5.74, 6) is 1.47. The van der Waals surface area contributed by atoms with Crippen LogP contribution in [0.4, 0.5) is 0 Å². The normalized spacial score (nSPS) is 20.3. The first-order valence-electron chi connectivity index (χ1n) is 10.2. The van der Waals surface area contributed by atoms with Gasteiger partial charge in [0.25, 0.3) is 5.91 Å². The zero-order chi connectivity index (χ0) is 21.1. The Morgan fingerprint density at radius 2 is 2.03 bits per heavy atom. The van der Waals surface area contributed by atoms with E-state index in [0.717, 1.165) is 49.4 Å². The lowest BCUT2D eigenvalue weighted by atomic mass is 10.0. The van der Waals surface area contributed by atoms with Crippen molar-refractivity contribution in [2.75, 3.05) is 26.7 Å². The van der Waals surface area contributed by atoms with Gasteiger partial charge in [0.2, 0.25) is 0 Å². The van der Waals surface area contributed by atoms with Crippen LogP contribution >= 0.6 is 10.8 Å². The van der Waals surface area contributed by atoms with E-state index in [4.69, 9.17) is 9.47 Å². The van der Waals surface area contributed by atoms with Gasteiger partial charge in [-0.05, 0) is 56.5 Å². The van der Waals surface area contributed by atoms with Gasteiger partial charge in [0.15, 0.2) is 0 Å². The smallest absolute Gasteiger partial charge is 0.274 e. The second-order valence-electron chi connectivity index (χ2n) is 7.55. The van der Waals surface area contributed by atoms with Gasteiger partial charge >= 0.3 is 0 Å². The van der Waals surface area contributed by atoms with E-state index >= 15 is 0 Å². The molecule has 0 bridgehead atoms. The van der Waals surface area contributed by atoms with E-state index in [1.807, 2.05) is 18.2 Å². The number of hydrogen-bond acceptors (Lipinski definition) is 6. The Kier molecular flexibility index (Phi) is 6.19. The van der Waals surface area contributed by atoms with E-state index in [2.05, 4.69) is 5.32 Å². The van der Waals surface area contributed by atoms with Gasteiger partial charge in [0.1, 0.15) is 17.6 Å². The minimum atomic E-state index is -3.21. The fraction of sp³-hybridized carbons (Fsp3) is 0.409. The highest BCUT2D eigenvalue weighted by Gasteiger charge is 2.40. The van der Waals surface area contributed by atoms with Crippen molar-refractivity contribution in [2.24, 2.45) is 0 Å². The number of nitrogens with one attached hydrogen (secondary N) is 1. The Morgan fingerprint density at radius 3 is 2.83 bits per heavy atom. The number of ether oxygens (including phenoxy) is 2. The summed E-state index contributed by atoms with van der Waals surface area (Å²) in [6.45, 7) is 1.85. The first-order chi connectivity index (χ1) is 14.5. The third-order valence-electron chi connectivity index (χ3n) is 5.60. The lowest BCUT2D eigenvalue weighted by Gasteiger charge is -2.36. The number of carbonyl (C=O) groups is 1. The van der Waals surface area contributed by atoms with Crippen LogP contribution in [0, 0.1) is 0 Å². The van der Waals surface area contributed by atoms with Crippen LogP contribution in [0.25, 0.3) is 0 Å². The molecule has 0 aromatic heterocycles. The Bertz CT molecular complexity index is 920. The minimum Gasteiger partial charge on any atom is -0.496 e. The van der Waals surface area contributed by atoms with Crippen molar-refractivity contribution in [2.45, 2.75) is 36.7 Å². The molecule has 2 heterocycles. The molecule has 30 heavy (non-hydrogen) atoms. The second kappa shape index (κ2) is 8.85. The highest BCUT2D eigenvalue weighted by molar-refractivity contribution is 8.23. The van der Waals surface area contributed by atoms with Crippen LogP contribution < -0.4 is 14.8 Å². The zero-order valence-electron chi connectivity index (χ0n) is 17.0. The SMILES string of the molecule is COc1cccc2c1CCC(CNCCCCN1C(=O)c3ccccc3S1(O)O)O2. The quantitative estimate of drug-likeness (QED) is 0.548. The largest absolute Gasteiger partial charge is 0.496 e. The summed E-state index contributed by atoms with van der Waals surface area (Å²) >= 11 is 0. The number of unbranched alkanes of at least 4 members (excludes halogenated alkanes) is 1. The molecule has 162 valence electrons. The van der Waals surface area contributed by atoms with Crippen LogP contribution in [0.1, 0.15) is 35.2 Å². The standard InChI is InChI=1S/C22H28N2O5S/c1-28-19-8-6-9-20-17(19)12-11-16(29-20)15-23-13-4-5-14-24-22(25)18-7-2-3-10-21(18)30(24,26)27/h2-3,6-10,16,23,26-27H,4-5,11-15H2,1H3. The van der Waals surface area contributed by atoms with E-state index in [9.17, 15) is 13.9 Å². The van der Waals surface area contributed by atoms with E-state index in [0.29, 0.717) is 23.4 Å². The number of carbonyl (C=O) groups excluding carboxylic acids is 1. The Morgan fingerprint density at radius 1 is 1.20 bits per heavy atom. The van der Waals surface area contributed by atoms with Crippen molar-refractivity contribution in [1.29, 1.82) is 0 Å². The molecule has 0 saturated heterocycles. The highest BCUT2D eigenvalue weighted by Crippen LogP contribution is 2.58. The van der Waals surface area contributed by atoms with Gasteiger partial charge in [0, 0.05) is 18.7 Å². The first-order valence-corrected chi connectivity index (χ1v) is 11.8. The molecular weight excluding hydrogens is 404 g/mol. The van der Waals surface area contributed by atoms with Gasteiger partial charge in [-0.25, -0.2) is 4.31 Å². The number of methoxy groups -OCH3 is 1. The zero-order valence-corrected chi connectivity index (χ0v) is 17.9. The van der Waals surface area contributed by atoms with E-state index in [-0.39, 0.29) is 12.0 Å². The monoisotopic (exact) mass is 432 g/mol. The molecule has 1 amide bonds. The molecule has 3 N–H and O–H groups in total. The molecule has 2 aromatic carbocycles. The average Bonchev–Trinajstić information content (AvgIpc) is 2.96. The summed E-state index contributed by atoms with van der Waals surface area (Å²) in [7, 11) is -1.53. The van der Waals surface area contributed by atoms with Crippen molar-refractivity contribution < 1.29 is 23.4 Å². The number of fused-ring (bicyclic) bond motifs is 2. The molecule has 1 atom stereocenters. The van der Waals surface area contributed by atoms with E-state index in [1.165, 1.54) is 4.31 Å². The lowest BCUT2D eigenvalue weighted by Crippen LogP contribution is -2.35. The summed E-state index contributed by atoms with van der Waals surface area (Å²) in [6.07, 6.45) is 3.50. The predicted molar refractivity (Wildman–Crippen MR) is 116 cm³/mol. The van der Waals surface area contributed by atoms with Gasteiger partial charge in [-0.15, -0.1) is 0 Å². The van der Waals surface area contributed by atoms with Crippen molar-refractivity contribution in [3.63, 3.8) is 0 Å². The van der Waals surface area contributed by atoms with E-state index in [1.54, 1.807) is 31.4 Å². The highest BCUT2D eigenvalue weighted by atomic mass is 32.3. The van der Waals surface area contributed by atoms with Gasteiger partial charge in [0.05, 0.1) is 17.6 Å². The Labute approximate surface area is 178 Å². The summed E-state index contributed by atoms with van der Waals surface area (Å²) in [5.41, 5.74) is 1.52. The molecule has 2 aromatic rings. The molecule has 0 saturated carbocycles. The van der Waals surface area contributed by atoms with Crippen LogP contribution in [-0.2, 0) is 6.42 Å². The summed E-state index contributed by atoms with van der Waals surface area (Å²) in [4.78, 5) is 12.8. The van der Waals surface area contributed by atoms with Crippen molar-refractivity contribution in [3.05, 3.63) is 53.6 Å². The first kappa shape index (κ1) is 21.0. The van der Waals surface area contributed by atoms with Crippen LogP contribution in [-0.4, -0.2) is 52.2 Å². The van der Waals surface area contributed by atoms with Crippen molar-refractivity contribution in [3.8, 4) is 11.5 Å². The topological polar surface area (TPSA) is 91.3 Å². The van der Waals surface area contributed by atoms with Crippen LogP contribution in [0.2, 0.25) is 0 Å². The van der Waals surface area contributed by atoms with Crippen LogP contribution in [0.15, 0.2) is 47.4 Å². The summed E-state index contributed by atoms with van der Waals surface area (Å²) < 4.78 is 33.6. The number of rotatable bonds is 8. The average molecular weight is 433 g/mol. The van der Waals surface area contributed by atoms with Gasteiger partial charge in [-0.3, -0.25) is 13.9 Å². The number of hydrogen-bond donors (Lipinski definition) is 3. The molecule has 0 aliphatic carbocycles. The molecular formula is C22H28N2O5S. The number of benzene rings is 2. The van der Waals surface area contributed by atoms with Crippen molar-refractivity contribution in [1.82, 2.24) is 9.62 Å². The number of nitrogens with zero attached hydrogens (tertiary/aromatic N) is 1. The van der Waals surface area contributed by atoms with Gasteiger partial charge < -0.3 is 14.8 Å². The Hall–Kier alpha value is -2.26. The molecule has 2 aliphatic heterocycles. The third-order valence-corrected chi connectivity index (χ3v) is 7.51. The van der Waals surface area contributed by atoms with Crippen molar-refractivity contribution >= 4 is 16.7 Å². The summed E-state index contributed by atoms with van der Waals surface area (Å²) in [6, 6.07) is 12.6. The van der Waals surface area contributed by atoms with Gasteiger partial charge in [-0.1, -0.05) is 29.0 Å². The third kappa shape index (κ3) is 4.00.